The first-order chi connectivity index (χ1) is 7.19. The van der Waals surface area contributed by atoms with Crippen molar-refractivity contribution in [2.45, 2.75) is 45.8 Å². The first-order valence-corrected chi connectivity index (χ1v) is 5.26. The molecule has 0 saturated heterocycles. The van der Waals surface area contributed by atoms with Crippen molar-refractivity contribution in [3.8, 4) is 0 Å². The highest BCUT2D eigenvalue weighted by molar-refractivity contribution is 5.82. The number of amides is 1. The molecule has 1 amide bonds. The average Bonchev–Trinajstić information content (AvgIpc) is 2.12. The predicted molar refractivity (Wildman–Crippen MR) is 60.2 cm³/mol. The molecule has 5 heteroatoms. The number of carbonyl (C=O) groups is 2. The van der Waals surface area contributed by atoms with Gasteiger partial charge in [0.2, 0.25) is 5.91 Å². The minimum Gasteiger partial charge on any atom is -0.480 e. The summed E-state index contributed by atoms with van der Waals surface area (Å²) < 4.78 is 5.15. The van der Waals surface area contributed by atoms with E-state index in [1.54, 1.807) is 27.7 Å². The van der Waals surface area contributed by atoms with Crippen LogP contribution in [0.1, 0.15) is 34.1 Å². The van der Waals surface area contributed by atoms with Gasteiger partial charge in [-0.05, 0) is 27.7 Å². The summed E-state index contributed by atoms with van der Waals surface area (Å²) in [5, 5.41) is 8.71. The van der Waals surface area contributed by atoms with Gasteiger partial charge >= 0.3 is 5.97 Å². The van der Waals surface area contributed by atoms with E-state index in [1.807, 2.05) is 0 Å². The van der Waals surface area contributed by atoms with Gasteiger partial charge in [0.15, 0.2) is 0 Å². The van der Waals surface area contributed by atoms with Crippen LogP contribution < -0.4 is 0 Å². The van der Waals surface area contributed by atoms with Crippen LogP contribution >= 0.6 is 0 Å². The normalized spacial score (nSPS) is 11.6. The molecule has 0 aliphatic rings. The first kappa shape index (κ1) is 14.9. The lowest BCUT2D eigenvalue weighted by Crippen LogP contribution is -2.43. The van der Waals surface area contributed by atoms with E-state index in [0.717, 1.165) is 0 Å². The van der Waals surface area contributed by atoms with Crippen LogP contribution in [0.5, 0.6) is 0 Å². The maximum Gasteiger partial charge on any atom is 0.323 e. The van der Waals surface area contributed by atoms with Crippen LogP contribution in [0.3, 0.4) is 0 Å². The lowest BCUT2D eigenvalue weighted by Gasteiger charge is -2.29. The zero-order valence-corrected chi connectivity index (χ0v) is 10.6. The van der Waals surface area contributed by atoms with Gasteiger partial charge in [-0.1, -0.05) is 0 Å². The van der Waals surface area contributed by atoms with Crippen LogP contribution in [-0.2, 0) is 14.3 Å². The molecule has 0 saturated carbocycles. The van der Waals surface area contributed by atoms with Gasteiger partial charge in [0.05, 0.1) is 12.0 Å². The van der Waals surface area contributed by atoms with Gasteiger partial charge < -0.3 is 14.7 Å². The molecule has 94 valence electrons. The van der Waals surface area contributed by atoms with Gasteiger partial charge in [0, 0.05) is 13.2 Å². The second-order valence-corrected chi connectivity index (χ2v) is 4.65. The average molecular weight is 231 g/mol. The summed E-state index contributed by atoms with van der Waals surface area (Å²) >= 11 is 0. The third kappa shape index (κ3) is 5.11. The van der Waals surface area contributed by atoms with Crippen molar-refractivity contribution in [1.82, 2.24) is 4.90 Å². The monoisotopic (exact) mass is 231 g/mol. The Morgan fingerprint density at radius 1 is 1.38 bits per heavy atom. The van der Waals surface area contributed by atoms with Crippen LogP contribution in [-0.4, -0.2) is 47.2 Å². The molecule has 0 aromatic carbocycles. The molecule has 0 fully saturated rings. The van der Waals surface area contributed by atoms with E-state index in [1.165, 1.54) is 12.0 Å². The van der Waals surface area contributed by atoms with Gasteiger partial charge in [-0.15, -0.1) is 0 Å². The van der Waals surface area contributed by atoms with E-state index in [-0.39, 0.29) is 24.9 Å². The first-order valence-electron chi connectivity index (χ1n) is 5.26. The van der Waals surface area contributed by atoms with Gasteiger partial charge in [-0.2, -0.15) is 0 Å². The second-order valence-electron chi connectivity index (χ2n) is 4.65. The van der Waals surface area contributed by atoms with Crippen molar-refractivity contribution in [1.29, 1.82) is 0 Å². The summed E-state index contributed by atoms with van der Waals surface area (Å²) in [5.41, 5.74) is -0.567. The quantitative estimate of drug-likeness (QED) is 0.744. The molecule has 0 unspecified atom stereocenters. The third-order valence-corrected chi connectivity index (χ3v) is 2.38. The van der Waals surface area contributed by atoms with Crippen LogP contribution in [0, 0.1) is 0 Å². The lowest BCUT2D eigenvalue weighted by molar-refractivity contribution is -0.148. The lowest BCUT2D eigenvalue weighted by atomic mass is 10.0. The Bertz CT molecular complexity index is 261. The fraction of sp³-hybridized carbons (Fsp3) is 0.818. The van der Waals surface area contributed by atoms with E-state index in [0.29, 0.717) is 0 Å². The Morgan fingerprint density at radius 2 is 1.88 bits per heavy atom. The molecule has 0 aromatic heterocycles. The van der Waals surface area contributed by atoms with Crippen LogP contribution in [0.25, 0.3) is 0 Å². The zero-order chi connectivity index (χ0) is 12.9. The highest BCUT2D eigenvalue weighted by Gasteiger charge is 2.27. The maximum absolute atomic E-state index is 11.9. The van der Waals surface area contributed by atoms with Crippen molar-refractivity contribution in [2.24, 2.45) is 0 Å². The second kappa shape index (κ2) is 5.84. The molecule has 0 spiro atoms. The maximum atomic E-state index is 11.9. The number of hydrogen-bond donors (Lipinski definition) is 1. The number of nitrogens with zero attached hydrogens (tertiary/aromatic N) is 1. The number of ether oxygens (including phenoxy) is 1. The fourth-order valence-corrected chi connectivity index (χ4v) is 1.24. The highest BCUT2D eigenvalue weighted by atomic mass is 16.5. The van der Waals surface area contributed by atoms with Crippen molar-refractivity contribution < 1.29 is 19.4 Å². The highest BCUT2D eigenvalue weighted by Crippen LogP contribution is 2.15. The SMILES string of the molecule is COC(C)(C)CC(=O)N(CC(=O)O)C(C)C. The Balaban J connectivity index is 4.57. The molecule has 0 aliphatic carbocycles. The predicted octanol–water partition coefficient (Wildman–Crippen LogP) is 1.12. The molecule has 0 atom stereocenters. The van der Waals surface area contributed by atoms with E-state index >= 15 is 0 Å². The molecule has 0 aromatic rings. The molecule has 16 heavy (non-hydrogen) atoms. The Labute approximate surface area is 96.4 Å². The van der Waals surface area contributed by atoms with E-state index in [9.17, 15) is 9.59 Å². The smallest absolute Gasteiger partial charge is 0.323 e. The Hall–Kier alpha value is -1.10. The fourth-order valence-electron chi connectivity index (χ4n) is 1.24. The van der Waals surface area contributed by atoms with E-state index in [4.69, 9.17) is 9.84 Å². The Morgan fingerprint density at radius 3 is 2.19 bits per heavy atom. The zero-order valence-electron chi connectivity index (χ0n) is 10.6. The van der Waals surface area contributed by atoms with Gasteiger partial charge in [-0.25, -0.2) is 0 Å². The topological polar surface area (TPSA) is 66.8 Å². The number of rotatable bonds is 6. The van der Waals surface area contributed by atoms with Crippen molar-refractivity contribution in [3.05, 3.63) is 0 Å². The molecule has 5 nitrogen and oxygen atoms in total. The number of aliphatic carboxylic acids is 1. The van der Waals surface area contributed by atoms with Crippen LogP contribution in [0.15, 0.2) is 0 Å². The van der Waals surface area contributed by atoms with Crippen LogP contribution in [0.2, 0.25) is 0 Å². The summed E-state index contributed by atoms with van der Waals surface area (Å²) in [7, 11) is 1.53. The van der Waals surface area contributed by atoms with Crippen molar-refractivity contribution in [3.63, 3.8) is 0 Å². The number of carbonyl (C=O) groups excluding carboxylic acids is 1. The number of carboxylic acids is 1. The number of hydrogen-bond acceptors (Lipinski definition) is 3. The summed E-state index contributed by atoms with van der Waals surface area (Å²) in [6.07, 6.45) is 0.176. The molecule has 0 aliphatic heterocycles. The summed E-state index contributed by atoms with van der Waals surface area (Å²) in [6.45, 7) is 6.91. The number of methoxy groups -OCH3 is 1. The molecule has 1 N–H and O–H groups in total. The van der Waals surface area contributed by atoms with Crippen molar-refractivity contribution >= 4 is 11.9 Å². The van der Waals surface area contributed by atoms with Gasteiger partial charge in [0.25, 0.3) is 0 Å². The van der Waals surface area contributed by atoms with Crippen molar-refractivity contribution in [2.75, 3.05) is 13.7 Å². The molecule has 0 bridgehead atoms. The minimum atomic E-state index is -1.00. The third-order valence-electron chi connectivity index (χ3n) is 2.38. The van der Waals surface area contributed by atoms with E-state index in [2.05, 4.69) is 0 Å². The molecule has 0 rings (SSSR count). The van der Waals surface area contributed by atoms with Gasteiger partial charge in [0.1, 0.15) is 6.54 Å². The molecular weight excluding hydrogens is 210 g/mol. The summed E-state index contributed by atoms with van der Waals surface area (Å²) in [4.78, 5) is 23.8. The molecular formula is C11H21NO4. The van der Waals surface area contributed by atoms with E-state index < -0.39 is 11.6 Å². The number of carboxylic acid groups (broad SMARTS) is 1. The summed E-state index contributed by atoms with van der Waals surface area (Å²) in [6, 6.07) is -0.128. The minimum absolute atomic E-state index is 0.128. The van der Waals surface area contributed by atoms with Gasteiger partial charge in [-0.3, -0.25) is 9.59 Å². The Kier molecular flexibility index (Phi) is 5.44. The standard InChI is InChI=1S/C11H21NO4/c1-8(2)12(7-10(14)15)9(13)6-11(3,4)16-5/h8H,6-7H2,1-5H3,(H,14,15). The molecule has 0 heterocycles. The molecule has 0 radical (unpaired) electrons. The largest absolute Gasteiger partial charge is 0.480 e. The van der Waals surface area contributed by atoms with Crippen LogP contribution in [0.4, 0.5) is 0 Å². The summed E-state index contributed by atoms with van der Waals surface area (Å²) in [5.74, 6) is -1.21.